The van der Waals surface area contributed by atoms with Crippen LogP contribution < -0.4 is 5.32 Å². The molecule has 1 atom stereocenters. The van der Waals surface area contributed by atoms with Crippen molar-refractivity contribution in [1.29, 1.82) is 0 Å². The van der Waals surface area contributed by atoms with Gasteiger partial charge in [0.05, 0.1) is 0 Å². The fourth-order valence-electron chi connectivity index (χ4n) is 1.91. The molecule has 1 aliphatic rings. The molecule has 1 aromatic heterocycles. The first kappa shape index (κ1) is 8.91. The summed E-state index contributed by atoms with van der Waals surface area (Å²) in [5.74, 6) is 0. The Morgan fingerprint density at radius 2 is 2.38 bits per heavy atom. The lowest BCUT2D eigenvalue weighted by Gasteiger charge is -2.12. The van der Waals surface area contributed by atoms with Crippen LogP contribution in [0.25, 0.3) is 0 Å². The number of nitrogens with one attached hydrogen (secondary N) is 2. The smallest absolute Gasteiger partial charge is 0.103 e. The standard InChI is InChI=1S/C10H14N2S/c1-7-5-10(13)12-6-8(7)9-3-2-4-11-9/h5-6,9,11H,2-4H2,1H3,(H,12,13)/t9-/m1/s1. The monoisotopic (exact) mass is 194 g/mol. The van der Waals surface area contributed by atoms with E-state index in [1.165, 1.54) is 24.0 Å². The first-order valence-electron chi connectivity index (χ1n) is 4.70. The molecule has 70 valence electrons. The van der Waals surface area contributed by atoms with E-state index in [2.05, 4.69) is 17.2 Å². The van der Waals surface area contributed by atoms with Crippen LogP contribution >= 0.6 is 12.2 Å². The van der Waals surface area contributed by atoms with Gasteiger partial charge in [-0.05, 0) is 43.5 Å². The van der Waals surface area contributed by atoms with Gasteiger partial charge in [0.25, 0.3) is 0 Å². The van der Waals surface area contributed by atoms with Crippen molar-refractivity contribution < 1.29 is 0 Å². The van der Waals surface area contributed by atoms with Crippen LogP contribution in [0.5, 0.6) is 0 Å². The number of pyridine rings is 1. The van der Waals surface area contributed by atoms with E-state index in [0.717, 1.165) is 11.2 Å². The van der Waals surface area contributed by atoms with Crippen LogP contribution in [0.15, 0.2) is 12.3 Å². The highest BCUT2D eigenvalue weighted by Crippen LogP contribution is 2.24. The van der Waals surface area contributed by atoms with Crippen molar-refractivity contribution in [2.45, 2.75) is 25.8 Å². The van der Waals surface area contributed by atoms with Gasteiger partial charge in [-0.3, -0.25) is 0 Å². The van der Waals surface area contributed by atoms with Crippen LogP contribution in [-0.4, -0.2) is 11.5 Å². The Morgan fingerprint density at radius 3 is 3.00 bits per heavy atom. The molecule has 3 heteroatoms. The Kier molecular flexibility index (Phi) is 2.47. The summed E-state index contributed by atoms with van der Waals surface area (Å²) < 4.78 is 0.819. The number of hydrogen-bond donors (Lipinski definition) is 2. The van der Waals surface area contributed by atoms with Crippen molar-refractivity contribution in [3.05, 3.63) is 28.0 Å². The number of hydrogen-bond acceptors (Lipinski definition) is 2. The molecule has 1 saturated heterocycles. The summed E-state index contributed by atoms with van der Waals surface area (Å²) in [7, 11) is 0. The minimum atomic E-state index is 0.534. The summed E-state index contributed by atoms with van der Waals surface area (Å²) >= 11 is 5.06. The zero-order valence-corrected chi connectivity index (χ0v) is 8.58. The van der Waals surface area contributed by atoms with Crippen LogP contribution in [0, 0.1) is 11.6 Å². The highest BCUT2D eigenvalue weighted by molar-refractivity contribution is 7.71. The van der Waals surface area contributed by atoms with Crippen molar-refractivity contribution >= 4 is 12.2 Å². The second kappa shape index (κ2) is 3.60. The first-order valence-corrected chi connectivity index (χ1v) is 5.11. The topological polar surface area (TPSA) is 27.8 Å². The molecule has 0 bridgehead atoms. The summed E-state index contributed by atoms with van der Waals surface area (Å²) in [6.45, 7) is 3.26. The van der Waals surface area contributed by atoms with Crippen molar-refractivity contribution in [3.63, 3.8) is 0 Å². The number of aromatic amines is 1. The zero-order valence-electron chi connectivity index (χ0n) is 7.76. The molecule has 0 saturated carbocycles. The van der Waals surface area contributed by atoms with Gasteiger partial charge in [-0.25, -0.2) is 0 Å². The van der Waals surface area contributed by atoms with Crippen LogP contribution in [0.1, 0.15) is 30.0 Å². The number of H-pyrrole nitrogens is 1. The maximum atomic E-state index is 5.06. The Balaban J connectivity index is 2.34. The summed E-state index contributed by atoms with van der Waals surface area (Å²) in [4.78, 5) is 3.09. The molecule has 0 amide bonds. The lowest BCUT2D eigenvalue weighted by Crippen LogP contribution is -2.14. The predicted octanol–water partition coefficient (Wildman–Crippen LogP) is 2.48. The number of aromatic nitrogens is 1. The van der Waals surface area contributed by atoms with Gasteiger partial charge in [0.15, 0.2) is 0 Å². The molecule has 1 fully saturated rings. The summed E-state index contributed by atoms with van der Waals surface area (Å²) in [5, 5.41) is 3.48. The van der Waals surface area contributed by atoms with Gasteiger partial charge >= 0.3 is 0 Å². The van der Waals surface area contributed by atoms with E-state index >= 15 is 0 Å². The van der Waals surface area contributed by atoms with Crippen molar-refractivity contribution in [1.82, 2.24) is 10.3 Å². The molecule has 2 N–H and O–H groups in total. The van der Waals surface area contributed by atoms with Crippen LogP contribution in [0.3, 0.4) is 0 Å². The fraction of sp³-hybridized carbons (Fsp3) is 0.500. The quantitative estimate of drug-likeness (QED) is 0.672. The normalized spacial score (nSPS) is 22.1. The Hall–Kier alpha value is -0.670. The van der Waals surface area contributed by atoms with Gasteiger partial charge in [0.2, 0.25) is 0 Å². The molecule has 0 radical (unpaired) electrons. The maximum Gasteiger partial charge on any atom is 0.103 e. The largest absolute Gasteiger partial charge is 0.353 e. The van der Waals surface area contributed by atoms with Gasteiger partial charge in [0, 0.05) is 12.2 Å². The third-order valence-electron chi connectivity index (χ3n) is 2.61. The van der Waals surface area contributed by atoms with Crippen molar-refractivity contribution in [2.75, 3.05) is 6.54 Å². The molecule has 0 aromatic carbocycles. The summed E-state index contributed by atoms with van der Waals surface area (Å²) in [6.07, 6.45) is 4.56. The van der Waals surface area contributed by atoms with E-state index in [1.54, 1.807) is 0 Å². The summed E-state index contributed by atoms with van der Waals surface area (Å²) in [5.41, 5.74) is 2.66. The van der Waals surface area contributed by atoms with Crippen LogP contribution in [0.4, 0.5) is 0 Å². The molecule has 2 rings (SSSR count). The highest BCUT2D eigenvalue weighted by Gasteiger charge is 2.17. The van der Waals surface area contributed by atoms with E-state index < -0.39 is 0 Å². The van der Waals surface area contributed by atoms with Gasteiger partial charge < -0.3 is 10.3 Å². The minimum absolute atomic E-state index is 0.534. The molecule has 1 aromatic rings. The Bertz CT molecular complexity index is 350. The highest BCUT2D eigenvalue weighted by atomic mass is 32.1. The molecule has 2 heterocycles. The summed E-state index contributed by atoms with van der Waals surface area (Å²) in [6, 6.07) is 2.57. The molecule has 0 unspecified atom stereocenters. The third-order valence-corrected chi connectivity index (χ3v) is 2.84. The number of aryl methyl sites for hydroxylation is 1. The third kappa shape index (κ3) is 1.81. The molecule has 13 heavy (non-hydrogen) atoms. The van der Waals surface area contributed by atoms with Crippen LogP contribution in [0.2, 0.25) is 0 Å². The van der Waals surface area contributed by atoms with Crippen molar-refractivity contribution in [2.24, 2.45) is 0 Å². The van der Waals surface area contributed by atoms with E-state index in [4.69, 9.17) is 12.2 Å². The average molecular weight is 194 g/mol. The van der Waals surface area contributed by atoms with Gasteiger partial charge in [-0.1, -0.05) is 12.2 Å². The maximum absolute atomic E-state index is 5.06. The van der Waals surface area contributed by atoms with Crippen molar-refractivity contribution in [3.8, 4) is 0 Å². The molecule has 1 aliphatic heterocycles. The second-order valence-electron chi connectivity index (χ2n) is 3.58. The molecular weight excluding hydrogens is 180 g/mol. The van der Waals surface area contributed by atoms with Gasteiger partial charge in [-0.2, -0.15) is 0 Å². The molecule has 0 spiro atoms. The molecular formula is C10H14N2S. The van der Waals surface area contributed by atoms with E-state index in [9.17, 15) is 0 Å². The first-order chi connectivity index (χ1) is 6.27. The molecule has 2 nitrogen and oxygen atoms in total. The molecule has 0 aliphatic carbocycles. The average Bonchev–Trinajstić information content (AvgIpc) is 2.56. The minimum Gasteiger partial charge on any atom is -0.353 e. The predicted molar refractivity (Wildman–Crippen MR) is 56.3 cm³/mol. The van der Waals surface area contributed by atoms with Gasteiger partial charge in [0.1, 0.15) is 4.64 Å². The lowest BCUT2D eigenvalue weighted by atomic mass is 10.0. The van der Waals surface area contributed by atoms with Crippen LogP contribution in [-0.2, 0) is 0 Å². The fourth-order valence-corrected chi connectivity index (χ4v) is 2.15. The number of rotatable bonds is 1. The van der Waals surface area contributed by atoms with E-state index in [-0.39, 0.29) is 0 Å². The zero-order chi connectivity index (χ0) is 9.26. The Morgan fingerprint density at radius 1 is 1.54 bits per heavy atom. The second-order valence-corrected chi connectivity index (χ2v) is 4.02. The SMILES string of the molecule is Cc1cc(=S)[nH]cc1[C@H]1CCCN1. The van der Waals surface area contributed by atoms with Gasteiger partial charge in [-0.15, -0.1) is 0 Å². The van der Waals surface area contributed by atoms with E-state index in [1.807, 2.05) is 12.3 Å². The van der Waals surface area contributed by atoms with E-state index in [0.29, 0.717) is 6.04 Å². The Labute approximate surface area is 83.4 Å². The lowest BCUT2D eigenvalue weighted by molar-refractivity contribution is 0.640.